The molecule has 0 unspecified atom stereocenters. The molecule has 124 valence electrons. The molecule has 0 aliphatic carbocycles. The third-order valence-corrected chi connectivity index (χ3v) is 3.95. The number of nitro benzene ring substituents is 1. The van der Waals surface area contributed by atoms with E-state index in [9.17, 15) is 20.0 Å². The van der Waals surface area contributed by atoms with E-state index in [-0.39, 0.29) is 17.0 Å². The lowest BCUT2D eigenvalue weighted by Gasteiger charge is -2.11. The maximum absolute atomic E-state index is 11.3. The minimum Gasteiger partial charge on any atom is -0.507 e. The number of hydrogen-bond acceptors (Lipinski definition) is 4. The molecule has 0 atom stereocenters. The third-order valence-electron chi connectivity index (χ3n) is 3.95. The molecule has 0 radical (unpaired) electrons. The molecule has 0 bridgehead atoms. The van der Waals surface area contributed by atoms with Gasteiger partial charge in [-0.3, -0.25) is 14.9 Å². The Hall–Kier alpha value is -3.47. The van der Waals surface area contributed by atoms with E-state index in [1.165, 1.54) is 12.1 Å². The number of carbonyl (C=O) groups excluding carboxylic acids is 1. The van der Waals surface area contributed by atoms with Crippen LogP contribution in [0.25, 0.3) is 11.1 Å². The van der Waals surface area contributed by atoms with Crippen molar-refractivity contribution in [2.45, 2.75) is 6.42 Å². The molecule has 0 aromatic heterocycles. The van der Waals surface area contributed by atoms with Gasteiger partial charge in [0.1, 0.15) is 5.75 Å². The summed E-state index contributed by atoms with van der Waals surface area (Å²) in [6.45, 7) is 0. The van der Waals surface area contributed by atoms with Crippen molar-refractivity contribution in [1.82, 2.24) is 0 Å². The van der Waals surface area contributed by atoms with Gasteiger partial charge < -0.3 is 5.11 Å². The van der Waals surface area contributed by atoms with Crippen molar-refractivity contribution in [2.75, 3.05) is 0 Å². The van der Waals surface area contributed by atoms with E-state index < -0.39 is 4.92 Å². The number of aldehydes is 1. The Morgan fingerprint density at radius 1 is 0.960 bits per heavy atom. The second-order valence-electron chi connectivity index (χ2n) is 5.67. The second kappa shape index (κ2) is 6.97. The summed E-state index contributed by atoms with van der Waals surface area (Å²) in [6, 6.07) is 19.1. The summed E-state index contributed by atoms with van der Waals surface area (Å²) in [6.07, 6.45) is 1.18. The average molecular weight is 333 g/mol. The highest BCUT2D eigenvalue weighted by Gasteiger charge is 2.14. The van der Waals surface area contributed by atoms with Crippen LogP contribution >= 0.6 is 0 Å². The summed E-state index contributed by atoms with van der Waals surface area (Å²) in [5.41, 5.74) is 2.89. The molecule has 5 heteroatoms. The molecule has 0 amide bonds. The predicted molar refractivity (Wildman–Crippen MR) is 94.8 cm³/mol. The van der Waals surface area contributed by atoms with Crippen molar-refractivity contribution in [2.24, 2.45) is 0 Å². The predicted octanol–water partition coefficient (Wildman–Crippen LogP) is 4.37. The number of carbonyl (C=O) groups is 1. The van der Waals surface area contributed by atoms with E-state index in [1.807, 2.05) is 30.3 Å². The van der Waals surface area contributed by atoms with Crippen molar-refractivity contribution >= 4 is 12.0 Å². The Balaban J connectivity index is 2.09. The fraction of sp³-hybridized carbons (Fsp3) is 0.0500. The lowest BCUT2D eigenvalue weighted by atomic mass is 9.95. The molecular formula is C20H15NO4. The number of aromatic hydroxyl groups is 1. The molecule has 25 heavy (non-hydrogen) atoms. The summed E-state index contributed by atoms with van der Waals surface area (Å²) in [7, 11) is 0. The molecule has 0 spiro atoms. The largest absolute Gasteiger partial charge is 0.507 e. The average Bonchev–Trinajstić information content (AvgIpc) is 2.64. The fourth-order valence-corrected chi connectivity index (χ4v) is 2.75. The van der Waals surface area contributed by atoms with Gasteiger partial charge in [-0.05, 0) is 35.2 Å². The van der Waals surface area contributed by atoms with E-state index in [0.717, 1.165) is 11.1 Å². The van der Waals surface area contributed by atoms with Gasteiger partial charge in [0.05, 0.1) is 10.5 Å². The summed E-state index contributed by atoms with van der Waals surface area (Å²) < 4.78 is 0. The first-order valence-corrected chi connectivity index (χ1v) is 7.68. The van der Waals surface area contributed by atoms with Crippen LogP contribution in [-0.4, -0.2) is 16.3 Å². The zero-order valence-electron chi connectivity index (χ0n) is 13.3. The minimum atomic E-state index is -0.491. The quantitative estimate of drug-likeness (QED) is 0.427. The molecule has 0 fully saturated rings. The standard InChI is InChI=1S/C20H15NO4/c22-13-17-10-15(9-14-5-2-1-3-6-14)11-19(20(17)23)16-7-4-8-18(12-16)21(24)25/h1-8,10-13,23H,9H2. The molecule has 0 saturated heterocycles. The summed E-state index contributed by atoms with van der Waals surface area (Å²) in [4.78, 5) is 21.8. The molecule has 3 rings (SSSR count). The van der Waals surface area contributed by atoms with Crippen LogP contribution in [0, 0.1) is 10.1 Å². The van der Waals surface area contributed by atoms with Crippen molar-refractivity contribution in [3.63, 3.8) is 0 Å². The van der Waals surface area contributed by atoms with Crippen LogP contribution in [0.1, 0.15) is 21.5 Å². The number of nitro groups is 1. The molecule has 1 N–H and O–H groups in total. The lowest BCUT2D eigenvalue weighted by molar-refractivity contribution is -0.384. The monoisotopic (exact) mass is 333 g/mol. The maximum atomic E-state index is 11.3. The Bertz CT molecular complexity index is 936. The van der Waals surface area contributed by atoms with E-state index >= 15 is 0 Å². The minimum absolute atomic E-state index is 0.0713. The molecule has 0 aliphatic heterocycles. The van der Waals surface area contributed by atoms with Gasteiger partial charge in [-0.15, -0.1) is 0 Å². The maximum Gasteiger partial charge on any atom is 0.270 e. The lowest BCUT2D eigenvalue weighted by Crippen LogP contribution is -1.94. The zero-order chi connectivity index (χ0) is 17.8. The smallest absolute Gasteiger partial charge is 0.270 e. The second-order valence-corrected chi connectivity index (χ2v) is 5.67. The van der Waals surface area contributed by atoms with Gasteiger partial charge in [-0.25, -0.2) is 0 Å². The third kappa shape index (κ3) is 3.55. The van der Waals surface area contributed by atoms with Crippen LogP contribution in [0.3, 0.4) is 0 Å². The van der Waals surface area contributed by atoms with Gasteiger partial charge in [-0.1, -0.05) is 42.5 Å². The molecule has 3 aromatic rings. The number of hydrogen-bond donors (Lipinski definition) is 1. The Kier molecular flexibility index (Phi) is 4.57. The Labute approximate surface area is 144 Å². The molecule has 0 heterocycles. The van der Waals surface area contributed by atoms with Gasteiger partial charge >= 0.3 is 0 Å². The van der Waals surface area contributed by atoms with Gasteiger partial charge in [0.2, 0.25) is 0 Å². The number of benzene rings is 3. The molecule has 0 aliphatic rings. The number of nitrogens with zero attached hydrogens (tertiary/aromatic N) is 1. The van der Waals surface area contributed by atoms with Gasteiger partial charge in [-0.2, -0.15) is 0 Å². The molecular weight excluding hydrogens is 318 g/mol. The Morgan fingerprint density at radius 3 is 2.40 bits per heavy atom. The van der Waals surface area contributed by atoms with E-state index in [4.69, 9.17) is 0 Å². The number of non-ortho nitro benzene ring substituents is 1. The highest BCUT2D eigenvalue weighted by molar-refractivity contribution is 5.86. The first-order chi connectivity index (χ1) is 12.1. The SMILES string of the molecule is O=Cc1cc(Cc2ccccc2)cc(-c2cccc([N+](=O)[O-])c2)c1O. The van der Waals surface area contributed by atoms with Crippen molar-refractivity contribution in [3.05, 3.63) is 93.5 Å². The normalized spacial score (nSPS) is 10.4. The molecule has 0 saturated carbocycles. The molecule has 5 nitrogen and oxygen atoms in total. The van der Waals surface area contributed by atoms with Gasteiger partial charge in [0.15, 0.2) is 6.29 Å². The Morgan fingerprint density at radius 2 is 1.72 bits per heavy atom. The first kappa shape index (κ1) is 16.4. The van der Waals surface area contributed by atoms with Crippen molar-refractivity contribution in [1.29, 1.82) is 0 Å². The van der Waals surface area contributed by atoms with Gasteiger partial charge in [0, 0.05) is 17.7 Å². The van der Waals surface area contributed by atoms with E-state index in [0.29, 0.717) is 23.8 Å². The number of phenolic OH excluding ortho intramolecular Hbond substituents is 1. The van der Waals surface area contributed by atoms with E-state index in [1.54, 1.807) is 24.3 Å². The van der Waals surface area contributed by atoms with Crippen LogP contribution in [0.15, 0.2) is 66.7 Å². The molecule has 3 aromatic carbocycles. The summed E-state index contributed by atoms with van der Waals surface area (Å²) in [5, 5.41) is 21.3. The van der Waals surface area contributed by atoms with Crippen molar-refractivity contribution < 1.29 is 14.8 Å². The summed E-state index contributed by atoms with van der Waals surface area (Å²) in [5.74, 6) is -0.174. The fourth-order valence-electron chi connectivity index (χ4n) is 2.75. The van der Waals surface area contributed by atoms with Crippen LogP contribution < -0.4 is 0 Å². The van der Waals surface area contributed by atoms with Crippen LogP contribution in [0.5, 0.6) is 5.75 Å². The first-order valence-electron chi connectivity index (χ1n) is 7.68. The highest BCUT2D eigenvalue weighted by atomic mass is 16.6. The number of phenols is 1. The van der Waals surface area contributed by atoms with E-state index in [2.05, 4.69) is 0 Å². The zero-order valence-corrected chi connectivity index (χ0v) is 13.3. The van der Waals surface area contributed by atoms with Gasteiger partial charge in [0.25, 0.3) is 5.69 Å². The summed E-state index contributed by atoms with van der Waals surface area (Å²) >= 11 is 0. The van der Waals surface area contributed by atoms with Crippen LogP contribution in [0.4, 0.5) is 5.69 Å². The van der Waals surface area contributed by atoms with Crippen LogP contribution in [-0.2, 0) is 6.42 Å². The van der Waals surface area contributed by atoms with Crippen molar-refractivity contribution in [3.8, 4) is 16.9 Å². The van der Waals surface area contributed by atoms with Crippen LogP contribution in [0.2, 0.25) is 0 Å². The topological polar surface area (TPSA) is 80.4 Å². The number of rotatable bonds is 5. The highest BCUT2D eigenvalue weighted by Crippen LogP contribution is 2.35.